The number of fused-ring (bicyclic) bond motifs is 1. The number of rotatable bonds is 22. The first-order valence-corrected chi connectivity index (χ1v) is 19.2. The first kappa shape index (κ1) is 38.8. The van der Waals surface area contributed by atoms with Crippen molar-refractivity contribution in [1.29, 1.82) is 0 Å². The summed E-state index contributed by atoms with van der Waals surface area (Å²) in [5, 5.41) is 0. The second-order valence-corrected chi connectivity index (χ2v) is 14.0. The van der Waals surface area contributed by atoms with Crippen LogP contribution in [0.1, 0.15) is 148 Å². The summed E-state index contributed by atoms with van der Waals surface area (Å²) in [5.41, 5.74) is 4.81. The Hall–Kier alpha value is -2.60. The molecule has 1 aliphatic rings. The van der Waals surface area contributed by atoms with E-state index in [9.17, 15) is 9.59 Å². The van der Waals surface area contributed by atoms with Gasteiger partial charge >= 0.3 is 5.97 Å². The van der Waals surface area contributed by atoms with Crippen LogP contribution in [0.25, 0.3) is 11.1 Å². The Kier molecular flexibility index (Phi) is 17.7. The lowest BCUT2D eigenvalue weighted by Gasteiger charge is -2.21. The fourth-order valence-electron chi connectivity index (χ4n) is 7.06. The number of aromatic nitrogens is 2. The van der Waals surface area contributed by atoms with Crippen LogP contribution in [0.5, 0.6) is 5.88 Å². The van der Waals surface area contributed by atoms with Crippen LogP contribution in [-0.2, 0) is 35.5 Å². The second-order valence-electron chi connectivity index (χ2n) is 14.0. The molecular weight excluding hydrogens is 584 g/mol. The molecule has 0 amide bonds. The molecule has 2 aromatic rings. The Morgan fingerprint density at radius 1 is 0.787 bits per heavy atom. The van der Waals surface area contributed by atoms with Crippen LogP contribution in [0.3, 0.4) is 0 Å². The molecule has 6 nitrogen and oxygen atoms in total. The zero-order valence-electron chi connectivity index (χ0n) is 30.8. The second kappa shape index (κ2) is 21.4. The zero-order valence-corrected chi connectivity index (χ0v) is 30.8. The maximum Gasteiger partial charge on any atom is 0.315 e. The number of carbonyl (C=O) groups is 1. The number of benzene rings is 1. The van der Waals surface area contributed by atoms with Crippen molar-refractivity contribution in [2.24, 2.45) is 11.8 Å². The van der Waals surface area contributed by atoms with E-state index in [2.05, 4.69) is 65.8 Å². The summed E-state index contributed by atoms with van der Waals surface area (Å²) in [6.45, 7) is 14.7. The minimum Gasteiger partial charge on any atom is -0.407 e. The minimum atomic E-state index is -0.219. The first-order valence-electron chi connectivity index (χ1n) is 19.2. The Morgan fingerprint density at radius 3 is 1.87 bits per heavy atom. The van der Waals surface area contributed by atoms with Crippen molar-refractivity contribution >= 4 is 5.97 Å². The highest BCUT2D eigenvalue weighted by molar-refractivity contribution is 5.81. The van der Waals surface area contributed by atoms with Crippen molar-refractivity contribution in [2.75, 3.05) is 13.2 Å². The van der Waals surface area contributed by atoms with Gasteiger partial charge in [-0.15, -0.1) is 0 Å². The first-order chi connectivity index (χ1) is 22.8. The summed E-state index contributed by atoms with van der Waals surface area (Å²) in [6, 6.07) is 4.34. The van der Waals surface area contributed by atoms with Crippen LogP contribution < -0.4 is 10.3 Å². The van der Waals surface area contributed by atoms with Gasteiger partial charge in [-0.3, -0.25) is 9.59 Å². The van der Waals surface area contributed by atoms with Crippen molar-refractivity contribution < 1.29 is 14.3 Å². The number of hydrogen-bond donors (Lipinski definition) is 0. The van der Waals surface area contributed by atoms with Gasteiger partial charge in [-0.25, -0.2) is 9.36 Å². The van der Waals surface area contributed by atoms with E-state index in [1.807, 2.05) is 4.68 Å². The normalized spacial score (nSPS) is 14.1. The lowest BCUT2D eigenvalue weighted by atomic mass is 9.90. The summed E-state index contributed by atoms with van der Waals surface area (Å²) in [4.78, 5) is 27.9. The number of allylic oxidation sites excluding steroid dienone is 2. The maximum atomic E-state index is 14.0. The number of aryl methyl sites for hydroxylation is 3. The largest absolute Gasteiger partial charge is 0.407 e. The fourth-order valence-corrected chi connectivity index (χ4v) is 7.06. The average molecular weight is 651 g/mol. The van der Waals surface area contributed by atoms with E-state index in [0.29, 0.717) is 37.7 Å². The van der Waals surface area contributed by atoms with Gasteiger partial charge in [-0.2, -0.15) is 0 Å². The predicted molar refractivity (Wildman–Crippen MR) is 196 cm³/mol. The van der Waals surface area contributed by atoms with Gasteiger partial charge in [0.25, 0.3) is 5.56 Å². The third-order valence-electron chi connectivity index (χ3n) is 9.87. The number of hydrogen-bond acceptors (Lipinski definition) is 4. The van der Waals surface area contributed by atoms with E-state index >= 15 is 0 Å². The van der Waals surface area contributed by atoms with Crippen LogP contribution >= 0.6 is 0 Å². The van der Waals surface area contributed by atoms with Crippen molar-refractivity contribution in [3.63, 3.8) is 0 Å². The van der Waals surface area contributed by atoms with Gasteiger partial charge in [0.1, 0.15) is 5.56 Å². The van der Waals surface area contributed by atoms with Crippen molar-refractivity contribution in [3.05, 3.63) is 51.3 Å². The fraction of sp³-hybridized carbons (Fsp3) is 0.707. The number of carbonyl (C=O) groups excluding carboxylic acids is 1. The summed E-state index contributed by atoms with van der Waals surface area (Å²) in [5.74, 6) is 0.128. The molecule has 0 fully saturated rings. The van der Waals surface area contributed by atoms with Gasteiger partial charge < -0.3 is 9.47 Å². The summed E-state index contributed by atoms with van der Waals surface area (Å²) >= 11 is 0. The highest BCUT2D eigenvalue weighted by Gasteiger charge is 2.31. The van der Waals surface area contributed by atoms with E-state index in [-0.39, 0.29) is 23.4 Å². The van der Waals surface area contributed by atoms with E-state index in [0.717, 1.165) is 48.8 Å². The monoisotopic (exact) mass is 651 g/mol. The Bertz CT molecular complexity index is 1280. The molecule has 0 radical (unpaired) electrons. The van der Waals surface area contributed by atoms with Crippen molar-refractivity contribution in [1.82, 2.24) is 9.36 Å². The lowest BCUT2D eigenvalue weighted by molar-refractivity contribution is -0.141. The molecule has 264 valence electrons. The highest BCUT2D eigenvalue weighted by Crippen LogP contribution is 2.36. The number of esters is 1. The van der Waals surface area contributed by atoms with Crippen LogP contribution in [0.15, 0.2) is 29.1 Å². The standard InChI is InChI=1S/C41H66N2O4/c1-7-10-11-12-13-14-15-16-17-18-19-20-21-22-23-24-25-36(32(4)5)41(45)47-40-38(39(44)42-26-28-46-29-27-43(40)42)37-34(8-2)30-33(6)31-35(37)9-3/h16-17,30-32,36H,7-15,18-29H2,1-6H3. The van der Waals surface area contributed by atoms with E-state index in [1.165, 1.54) is 82.6 Å². The molecular formula is C41H66N2O4. The Balaban J connectivity index is 1.57. The zero-order chi connectivity index (χ0) is 34.0. The third-order valence-corrected chi connectivity index (χ3v) is 9.87. The summed E-state index contributed by atoms with van der Waals surface area (Å²) < 4.78 is 15.6. The molecule has 0 saturated heterocycles. The molecule has 1 atom stereocenters. The molecule has 6 heteroatoms. The smallest absolute Gasteiger partial charge is 0.315 e. The molecule has 1 unspecified atom stereocenters. The molecule has 3 rings (SSSR count). The molecule has 0 aliphatic carbocycles. The third kappa shape index (κ3) is 11.8. The van der Waals surface area contributed by atoms with Gasteiger partial charge in [0.05, 0.1) is 32.2 Å². The molecule has 0 bridgehead atoms. The van der Waals surface area contributed by atoms with Gasteiger partial charge in [0.15, 0.2) is 0 Å². The lowest BCUT2D eigenvalue weighted by Crippen LogP contribution is -2.27. The summed E-state index contributed by atoms with van der Waals surface area (Å²) in [6.07, 6.45) is 25.0. The van der Waals surface area contributed by atoms with Crippen LogP contribution in [0.2, 0.25) is 0 Å². The summed E-state index contributed by atoms with van der Waals surface area (Å²) in [7, 11) is 0. The van der Waals surface area contributed by atoms with Gasteiger partial charge in [-0.1, -0.05) is 129 Å². The van der Waals surface area contributed by atoms with E-state index in [1.54, 1.807) is 4.68 Å². The molecule has 1 aliphatic heterocycles. The van der Waals surface area contributed by atoms with E-state index < -0.39 is 0 Å². The number of unbranched alkanes of at least 4 members (excludes halogenated alkanes) is 12. The molecule has 47 heavy (non-hydrogen) atoms. The number of ether oxygens (including phenoxy) is 2. The highest BCUT2D eigenvalue weighted by atomic mass is 16.5. The Labute approximate surface area is 286 Å². The average Bonchev–Trinajstić information content (AvgIpc) is 3.19. The van der Waals surface area contributed by atoms with Crippen LogP contribution in [-0.4, -0.2) is 28.5 Å². The molecule has 1 aromatic carbocycles. The molecule has 0 N–H and O–H groups in total. The van der Waals surface area contributed by atoms with Gasteiger partial charge in [-0.05, 0) is 74.5 Å². The quantitative estimate of drug-likeness (QED) is 0.0723. The molecule has 2 heterocycles. The van der Waals surface area contributed by atoms with Crippen LogP contribution in [0.4, 0.5) is 0 Å². The van der Waals surface area contributed by atoms with E-state index in [4.69, 9.17) is 9.47 Å². The maximum absolute atomic E-state index is 14.0. The van der Waals surface area contributed by atoms with Gasteiger partial charge in [0, 0.05) is 0 Å². The van der Waals surface area contributed by atoms with Crippen LogP contribution in [0, 0.1) is 18.8 Å². The number of nitrogens with zero attached hydrogens (tertiary/aromatic N) is 2. The van der Waals surface area contributed by atoms with Gasteiger partial charge in [0.2, 0.25) is 5.88 Å². The SMILES string of the molecule is CCCCCCCCC=CCCCCCCCCC(C(=O)Oc1c(-c2c(CC)cc(C)cc2CC)c(=O)n2n1CCOCC2)C(C)C. The van der Waals surface area contributed by atoms with Crippen molar-refractivity contribution in [3.8, 4) is 17.0 Å². The molecule has 0 saturated carbocycles. The Morgan fingerprint density at radius 2 is 1.32 bits per heavy atom. The molecule has 0 spiro atoms. The van der Waals surface area contributed by atoms with Crippen molar-refractivity contribution in [2.45, 2.75) is 164 Å². The topological polar surface area (TPSA) is 62.5 Å². The minimum absolute atomic E-state index is 0.0963. The molecule has 1 aromatic heterocycles. The predicted octanol–water partition coefficient (Wildman–Crippen LogP) is 10.4.